The van der Waals surface area contributed by atoms with Gasteiger partial charge in [-0.3, -0.25) is 14.4 Å². The molecule has 3 aromatic carbocycles. The van der Waals surface area contributed by atoms with E-state index in [0.29, 0.717) is 22.3 Å². The number of carbonyl (C=O) groups excluding carboxylic acids is 3. The highest BCUT2D eigenvalue weighted by Crippen LogP contribution is 2.40. The van der Waals surface area contributed by atoms with E-state index in [2.05, 4.69) is 19.9 Å². The number of nitrogens with zero attached hydrogens (tertiary/aromatic N) is 2. The lowest BCUT2D eigenvalue weighted by atomic mass is 9.98. The lowest BCUT2D eigenvalue weighted by molar-refractivity contribution is -0.110. The summed E-state index contributed by atoms with van der Waals surface area (Å²) in [6.45, 7) is 3.10. The number of aromatic nitrogens is 4. The van der Waals surface area contributed by atoms with Crippen LogP contribution in [0.25, 0.3) is 44.5 Å². The van der Waals surface area contributed by atoms with Crippen molar-refractivity contribution in [3.63, 3.8) is 0 Å². The second-order valence-corrected chi connectivity index (χ2v) is 11.5. The van der Waals surface area contributed by atoms with E-state index in [9.17, 15) is 14.4 Å². The van der Waals surface area contributed by atoms with E-state index in [1.165, 1.54) is 0 Å². The fraction of sp³-hybridized carbons (Fsp3) is 0.0741. The van der Waals surface area contributed by atoms with Gasteiger partial charge >= 0.3 is 0 Å². The molecule has 2 heterocycles. The maximum Gasteiger partial charge on any atom is 0.194 e. The predicted molar refractivity (Wildman–Crippen MR) is 145 cm³/mol. The van der Waals surface area contributed by atoms with Crippen LogP contribution in [0.3, 0.4) is 0 Å². The third-order valence-electron chi connectivity index (χ3n) is 6.11. The lowest BCUT2D eigenvalue weighted by Gasteiger charge is -2.05. The van der Waals surface area contributed by atoms with Crippen molar-refractivity contribution in [2.75, 3.05) is 0 Å². The molecule has 2 atom stereocenters. The van der Waals surface area contributed by atoms with E-state index in [-0.39, 0.29) is 34.0 Å². The number of hydrogen-bond acceptors (Lipinski definition) is 5. The number of fused-ring (bicyclic) bond motifs is 4. The highest BCUT2D eigenvalue weighted by molar-refractivity contribution is 7.64. The van der Waals surface area contributed by atoms with E-state index in [1.807, 2.05) is 54.6 Å². The smallest absolute Gasteiger partial charge is 0.194 e. The Kier molecular flexibility index (Phi) is 5.48. The van der Waals surface area contributed by atoms with Crippen LogP contribution in [-0.4, -0.2) is 36.8 Å². The third-order valence-corrected chi connectivity index (χ3v) is 7.78. The first-order valence-electron chi connectivity index (χ1n) is 11.3. The van der Waals surface area contributed by atoms with Crippen molar-refractivity contribution in [2.45, 2.75) is 13.8 Å². The molecule has 2 N–H and O–H groups in total. The van der Waals surface area contributed by atoms with Crippen LogP contribution in [0, 0.1) is 0 Å². The fourth-order valence-corrected chi connectivity index (χ4v) is 5.91. The number of H-pyrrole nitrogens is 2. The van der Waals surface area contributed by atoms with Gasteiger partial charge in [0.25, 0.3) is 0 Å². The lowest BCUT2D eigenvalue weighted by Crippen LogP contribution is -2.01. The molecule has 0 aliphatic heterocycles. The third kappa shape index (κ3) is 4.01. The van der Waals surface area contributed by atoms with Crippen molar-refractivity contribution >= 4 is 56.2 Å². The van der Waals surface area contributed by atoms with Crippen molar-refractivity contribution in [3.05, 3.63) is 71.9 Å². The highest BCUT2D eigenvalue weighted by Gasteiger charge is 2.27. The van der Waals surface area contributed by atoms with E-state index >= 15 is 0 Å². The Labute approximate surface area is 209 Å². The molecule has 2 aromatic heterocycles. The summed E-state index contributed by atoms with van der Waals surface area (Å²) in [6, 6.07) is 17.7. The number of hydrogen-bond donors (Lipinski definition) is 2. The SMILES string of the molecule is CC(=O)Pc1ncc(-c2ccc3c(c2)C(=O)c2cc(-c4ccc5nc(PC(C)=O)[nH]c5c4)ccc2-3)[nH]1. The number of imidazole rings is 2. The number of ketones is 1. The van der Waals surface area contributed by atoms with Crippen LogP contribution in [0.5, 0.6) is 0 Å². The summed E-state index contributed by atoms with van der Waals surface area (Å²) in [6.07, 6.45) is 1.70. The molecule has 0 amide bonds. The van der Waals surface area contributed by atoms with Crippen LogP contribution in [-0.2, 0) is 9.59 Å². The number of aromatic amines is 2. The van der Waals surface area contributed by atoms with Crippen LogP contribution in [0.1, 0.15) is 29.8 Å². The molecule has 1 aliphatic carbocycles. The van der Waals surface area contributed by atoms with Gasteiger partial charge in [-0.15, -0.1) is 0 Å². The zero-order valence-corrected chi connectivity index (χ0v) is 21.4. The van der Waals surface area contributed by atoms with Crippen molar-refractivity contribution in [1.29, 1.82) is 0 Å². The summed E-state index contributed by atoms with van der Waals surface area (Å²) >= 11 is 0. The number of nitrogens with one attached hydrogen (secondary N) is 2. The van der Waals surface area contributed by atoms with Crippen LogP contribution in [0.15, 0.2) is 60.8 Å². The van der Waals surface area contributed by atoms with Gasteiger partial charge in [-0.2, -0.15) is 0 Å². The summed E-state index contributed by atoms with van der Waals surface area (Å²) in [7, 11) is -0.00499. The largest absolute Gasteiger partial charge is 0.338 e. The van der Waals surface area contributed by atoms with Gasteiger partial charge in [-0.25, -0.2) is 9.97 Å². The second kappa shape index (κ2) is 8.70. The Morgan fingerprint density at radius 3 is 2.06 bits per heavy atom. The maximum atomic E-state index is 13.4. The molecule has 2 unspecified atom stereocenters. The van der Waals surface area contributed by atoms with Gasteiger partial charge in [0.15, 0.2) is 16.8 Å². The van der Waals surface area contributed by atoms with Gasteiger partial charge in [0, 0.05) is 33.9 Å². The zero-order chi connectivity index (χ0) is 25.0. The van der Waals surface area contributed by atoms with E-state index in [1.54, 1.807) is 20.0 Å². The number of benzene rings is 3. The van der Waals surface area contributed by atoms with Crippen LogP contribution in [0.2, 0.25) is 0 Å². The summed E-state index contributed by atoms with van der Waals surface area (Å²) in [5.41, 5.74) is 9.83. The van der Waals surface area contributed by atoms with Gasteiger partial charge in [0.2, 0.25) is 0 Å². The molecule has 176 valence electrons. The summed E-state index contributed by atoms with van der Waals surface area (Å²) in [5, 5.41) is 0. The Bertz CT molecular complexity index is 1730. The van der Waals surface area contributed by atoms with E-state index in [0.717, 1.165) is 44.5 Å². The number of carbonyl (C=O) groups is 3. The summed E-state index contributed by atoms with van der Waals surface area (Å²) in [4.78, 5) is 51.5. The topological polar surface area (TPSA) is 109 Å². The van der Waals surface area contributed by atoms with E-state index in [4.69, 9.17) is 0 Å². The molecule has 0 saturated carbocycles. The Morgan fingerprint density at radius 2 is 1.33 bits per heavy atom. The monoisotopic (exact) mass is 510 g/mol. The average molecular weight is 510 g/mol. The Balaban J connectivity index is 1.33. The van der Waals surface area contributed by atoms with Gasteiger partial charge in [-0.1, -0.05) is 30.3 Å². The molecule has 7 nitrogen and oxygen atoms in total. The summed E-state index contributed by atoms with van der Waals surface area (Å²) < 4.78 is 0. The molecule has 0 spiro atoms. The minimum Gasteiger partial charge on any atom is -0.338 e. The molecule has 6 rings (SSSR count). The van der Waals surface area contributed by atoms with Crippen LogP contribution < -0.4 is 11.1 Å². The maximum absolute atomic E-state index is 13.4. The molecule has 0 radical (unpaired) electrons. The van der Waals surface area contributed by atoms with Gasteiger partial charge < -0.3 is 9.97 Å². The molecule has 0 fully saturated rings. The van der Waals surface area contributed by atoms with Crippen LogP contribution >= 0.6 is 17.2 Å². The van der Waals surface area contributed by atoms with Crippen LogP contribution in [0.4, 0.5) is 0 Å². The first-order valence-corrected chi connectivity index (χ1v) is 13.3. The molecule has 5 aromatic rings. The molecule has 1 aliphatic rings. The minimum absolute atomic E-state index is 0.00732. The van der Waals surface area contributed by atoms with Gasteiger partial charge in [0.05, 0.1) is 22.9 Å². The first-order chi connectivity index (χ1) is 17.4. The molecule has 0 saturated heterocycles. The molecular formula is C27H20N4O3P2. The average Bonchev–Trinajstić information content (AvgIpc) is 3.54. The Morgan fingerprint density at radius 1 is 0.722 bits per heavy atom. The zero-order valence-electron chi connectivity index (χ0n) is 19.4. The standard InChI is InChI=1S/C27H20N4O3P2/c1-13(32)35-26-28-12-24(31-26)17-4-7-19-18-6-3-15(9-20(18)25(34)21(19)10-17)16-5-8-22-23(11-16)30-27(29-22)36-14(2)33/h3-12,35-36H,1-2H3,(H,28,31)(H,29,30). The second-order valence-electron chi connectivity index (χ2n) is 8.68. The normalized spacial score (nSPS) is 12.8. The van der Waals surface area contributed by atoms with Crippen molar-refractivity contribution in [2.24, 2.45) is 0 Å². The molecule has 0 bridgehead atoms. The highest BCUT2D eigenvalue weighted by atomic mass is 31.1. The van der Waals surface area contributed by atoms with Gasteiger partial charge in [0.1, 0.15) is 11.1 Å². The predicted octanol–water partition coefficient (Wildman–Crippen LogP) is 4.53. The fourth-order valence-electron chi connectivity index (χ4n) is 4.54. The molecule has 9 heteroatoms. The number of rotatable bonds is 6. The quantitative estimate of drug-likeness (QED) is 0.320. The first kappa shape index (κ1) is 22.7. The molecule has 36 heavy (non-hydrogen) atoms. The van der Waals surface area contributed by atoms with E-state index < -0.39 is 0 Å². The summed E-state index contributed by atoms with van der Waals surface area (Å²) in [5.74, 6) is -0.0124. The van der Waals surface area contributed by atoms with Gasteiger partial charge in [-0.05, 0) is 60.4 Å². The van der Waals surface area contributed by atoms with Crippen molar-refractivity contribution in [3.8, 4) is 33.5 Å². The van der Waals surface area contributed by atoms with Crippen molar-refractivity contribution in [1.82, 2.24) is 19.9 Å². The van der Waals surface area contributed by atoms with Crippen molar-refractivity contribution < 1.29 is 14.4 Å². The molecular weight excluding hydrogens is 490 g/mol. The minimum atomic E-state index is -0.0124. The Hall–Kier alpha value is -3.79.